The molecule has 0 heterocycles. The Hall–Kier alpha value is -0.540. The number of aliphatic hydroxyl groups is 1. The molecular formula is C11H16BrNO. The second-order valence-electron chi connectivity index (χ2n) is 3.39. The van der Waals surface area contributed by atoms with Crippen LogP contribution in [-0.4, -0.2) is 18.7 Å². The molecular weight excluding hydrogens is 242 g/mol. The number of anilines is 1. The molecule has 1 rings (SSSR count). The third-order valence-electron chi connectivity index (χ3n) is 2.33. The van der Waals surface area contributed by atoms with Gasteiger partial charge in [-0.25, -0.2) is 0 Å². The summed E-state index contributed by atoms with van der Waals surface area (Å²) < 4.78 is 1.00. The predicted octanol–water partition coefficient (Wildman–Crippen LogP) is 2.96. The van der Waals surface area contributed by atoms with Gasteiger partial charge in [0.2, 0.25) is 0 Å². The molecule has 0 bridgehead atoms. The van der Waals surface area contributed by atoms with Crippen LogP contribution in [-0.2, 0) is 0 Å². The van der Waals surface area contributed by atoms with Gasteiger partial charge in [0.1, 0.15) is 0 Å². The Balaban J connectivity index is 3.14. The van der Waals surface area contributed by atoms with Crippen molar-refractivity contribution in [2.24, 2.45) is 0 Å². The summed E-state index contributed by atoms with van der Waals surface area (Å²) in [4.78, 5) is 2.12. The summed E-state index contributed by atoms with van der Waals surface area (Å²) in [5.74, 6) is 0. The second kappa shape index (κ2) is 4.80. The molecule has 0 aliphatic carbocycles. The lowest BCUT2D eigenvalue weighted by Gasteiger charge is -2.22. The first-order chi connectivity index (χ1) is 6.56. The van der Waals surface area contributed by atoms with Crippen molar-refractivity contribution in [2.45, 2.75) is 20.0 Å². The van der Waals surface area contributed by atoms with Crippen LogP contribution in [0.25, 0.3) is 0 Å². The van der Waals surface area contributed by atoms with Crippen molar-refractivity contribution in [2.75, 3.05) is 18.5 Å². The van der Waals surface area contributed by atoms with E-state index in [1.54, 1.807) is 6.92 Å². The SMILES string of the molecule is CCN(C)c1ccc(Br)cc1C(C)O. The van der Waals surface area contributed by atoms with Crippen LogP contribution < -0.4 is 4.90 Å². The maximum Gasteiger partial charge on any atom is 0.0782 e. The van der Waals surface area contributed by atoms with Gasteiger partial charge in [0, 0.05) is 29.3 Å². The molecule has 0 amide bonds. The molecule has 14 heavy (non-hydrogen) atoms. The minimum Gasteiger partial charge on any atom is -0.389 e. The minimum atomic E-state index is -0.434. The van der Waals surface area contributed by atoms with Gasteiger partial charge in [0.25, 0.3) is 0 Å². The molecule has 1 atom stereocenters. The van der Waals surface area contributed by atoms with Crippen LogP contribution in [0, 0.1) is 0 Å². The smallest absolute Gasteiger partial charge is 0.0782 e. The van der Waals surface area contributed by atoms with Gasteiger partial charge in [-0.05, 0) is 32.0 Å². The van der Waals surface area contributed by atoms with Crippen LogP contribution in [0.5, 0.6) is 0 Å². The Morgan fingerprint density at radius 3 is 2.64 bits per heavy atom. The number of rotatable bonds is 3. The topological polar surface area (TPSA) is 23.5 Å². The van der Waals surface area contributed by atoms with Crippen molar-refractivity contribution in [3.05, 3.63) is 28.2 Å². The average Bonchev–Trinajstić information content (AvgIpc) is 2.16. The Kier molecular flexibility index (Phi) is 3.96. The van der Waals surface area contributed by atoms with Gasteiger partial charge < -0.3 is 10.0 Å². The van der Waals surface area contributed by atoms with Crippen LogP contribution in [0.2, 0.25) is 0 Å². The first-order valence-corrected chi connectivity index (χ1v) is 5.54. The zero-order valence-electron chi connectivity index (χ0n) is 8.79. The normalized spacial score (nSPS) is 12.6. The fourth-order valence-corrected chi connectivity index (χ4v) is 1.76. The number of hydrogen-bond donors (Lipinski definition) is 1. The summed E-state index contributed by atoms with van der Waals surface area (Å²) >= 11 is 3.41. The van der Waals surface area contributed by atoms with E-state index in [0.717, 1.165) is 22.3 Å². The highest BCUT2D eigenvalue weighted by Gasteiger charge is 2.10. The van der Waals surface area contributed by atoms with E-state index >= 15 is 0 Å². The average molecular weight is 258 g/mol. The summed E-state index contributed by atoms with van der Waals surface area (Å²) in [5, 5.41) is 9.63. The van der Waals surface area contributed by atoms with Crippen LogP contribution in [0.3, 0.4) is 0 Å². The van der Waals surface area contributed by atoms with Crippen molar-refractivity contribution < 1.29 is 5.11 Å². The molecule has 0 spiro atoms. The van der Waals surface area contributed by atoms with E-state index in [0.29, 0.717) is 0 Å². The zero-order chi connectivity index (χ0) is 10.7. The number of aliphatic hydroxyl groups excluding tert-OH is 1. The summed E-state index contributed by atoms with van der Waals surface area (Å²) in [6.45, 7) is 4.81. The van der Waals surface area contributed by atoms with E-state index in [4.69, 9.17) is 0 Å². The van der Waals surface area contributed by atoms with Crippen molar-refractivity contribution in [1.82, 2.24) is 0 Å². The van der Waals surface area contributed by atoms with E-state index in [9.17, 15) is 5.11 Å². The highest BCUT2D eigenvalue weighted by atomic mass is 79.9. The van der Waals surface area contributed by atoms with E-state index in [1.807, 2.05) is 25.2 Å². The largest absolute Gasteiger partial charge is 0.389 e. The molecule has 3 heteroatoms. The monoisotopic (exact) mass is 257 g/mol. The molecule has 0 aliphatic heterocycles. The van der Waals surface area contributed by atoms with Crippen molar-refractivity contribution in [3.8, 4) is 0 Å². The van der Waals surface area contributed by atoms with Gasteiger partial charge in [0.05, 0.1) is 6.10 Å². The van der Waals surface area contributed by atoms with E-state index in [-0.39, 0.29) is 0 Å². The standard InChI is InChI=1S/C11H16BrNO/c1-4-13(3)11-6-5-9(12)7-10(11)8(2)14/h5-8,14H,4H2,1-3H3. The van der Waals surface area contributed by atoms with Crippen molar-refractivity contribution in [3.63, 3.8) is 0 Å². The maximum atomic E-state index is 9.63. The van der Waals surface area contributed by atoms with Gasteiger partial charge in [-0.2, -0.15) is 0 Å². The Morgan fingerprint density at radius 2 is 2.14 bits per heavy atom. The molecule has 0 saturated heterocycles. The van der Waals surface area contributed by atoms with Crippen LogP contribution >= 0.6 is 15.9 Å². The summed E-state index contributed by atoms with van der Waals surface area (Å²) in [7, 11) is 2.02. The third kappa shape index (κ3) is 2.49. The Morgan fingerprint density at radius 1 is 1.50 bits per heavy atom. The number of hydrogen-bond acceptors (Lipinski definition) is 2. The molecule has 1 aromatic rings. The number of benzene rings is 1. The second-order valence-corrected chi connectivity index (χ2v) is 4.31. The molecule has 0 saturated carbocycles. The fraction of sp³-hybridized carbons (Fsp3) is 0.455. The highest BCUT2D eigenvalue weighted by molar-refractivity contribution is 9.10. The lowest BCUT2D eigenvalue weighted by Crippen LogP contribution is -2.18. The third-order valence-corrected chi connectivity index (χ3v) is 2.82. The molecule has 0 radical (unpaired) electrons. The molecule has 1 N–H and O–H groups in total. The van der Waals surface area contributed by atoms with Crippen LogP contribution in [0.1, 0.15) is 25.5 Å². The van der Waals surface area contributed by atoms with Gasteiger partial charge >= 0.3 is 0 Å². The summed E-state index contributed by atoms with van der Waals surface area (Å²) in [6, 6.07) is 5.98. The minimum absolute atomic E-state index is 0.434. The maximum absolute atomic E-state index is 9.63. The van der Waals surface area contributed by atoms with Gasteiger partial charge in [-0.15, -0.1) is 0 Å². The predicted molar refractivity (Wildman–Crippen MR) is 63.7 cm³/mol. The van der Waals surface area contributed by atoms with Gasteiger partial charge in [0.15, 0.2) is 0 Å². The van der Waals surface area contributed by atoms with E-state index in [2.05, 4.69) is 27.8 Å². The lowest BCUT2D eigenvalue weighted by atomic mass is 10.1. The van der Waals surface area contributed by atoms with E-state index < -0.39 is 6.10 Å². The Labute approximate surface area is 93.7 Å². The first kappa shape index (κ1) is 11.5. The zero-order valence-corrected chi connectivity index (χ0v) is 10.4. The van der Waals surface area contributed by atoms with E-state index in [1.165, 1.54) is 0 Å². The lowest BCUT2D eigenvalue weighted by molar-refractivity contribution is 0.199. The van der Waals surface area contributed by atoms with Crippen LogP contribution in [0.15, 0.2) is 22.7 Å². The summed E-state index contributed by atoms with van der Waals surface area (Å²) in [6.07, 6.45) is -0.434. The fourth-order valence-electron chi connectivity index (χ4n) is 1.38. The first-order valence-electron chi connectivity index (χ1n) is 4.75. The number of halogens is 1. The quantitative estimate of drug-likeness (QED) is 0.901. The van der Waals surface area contributed by atoms with Crippen molar-refractivity contribution in [1.29, 1.82) is 0 Å². The molecule has 2 nitrogen and oxygen atoms in total. The molecule has 78 valence electrons. The molecule has 0 aromatic heterocycles. The summed E-state index contributed by atoms with van der Waals surface area (Å²) in [5.41, 5.74) is 2.05. The molecule has 1 unspecified atom stereocenters. The van der Waals surface area contributed by atoms with Gasteiger partial charge in [-0.3, -0.25) is 0 Å². The highest BCUT2D eigenvalue weighted by Crippen LogP contribution is 2.28. The molecule has 0 aliphatic rings. The van der Waals surface area contributed by atoms with Crippen LogP contribution in [0.4, 0.5) is 5.69 Å². The Bertz CT molecular complexity index is 312. The van der Waals surface area contributed by atoms with Gasteiger partial charge in [-0.1, -0.05) is 15.9 Å². The van der Waals surface area contributed by atoms with Crippen molar-refractivity contribution >= 4 is 21.6 Å². The molecule has 1 aromatic carbocycles. The number of nitrogens with zero attached hydrogens (tertiary/aromatic N) is 1. The molecule has 0 fully saturated rings.